The first-order valence-corrected chi connectivity index (χ1v) is 9.99. The van der Waals surface area contributed by atoms with Gasteiger partial charge in [0.1, 0.15) is 0 Å². The number of carbonyl (C=O) groups excluding carboxylic acids is 1. The van der Waals surface area contributed by atoms with Crippen LogP contribution in [0.4, 0.5) is 0 Å². The summed E-state index contributed by atoms with van der Waals surface area (Å²) in [7, 11) is 3.21. The lowest BCUT2D eigenvalue weighted by Gasteiger charge is -2.39. The minimum Gasteiger partial charge on any atom is -0.493 e. The number of benzene rings is 1. The number of nitrogens with zero attached hydrogens (tertiary/aromatic N) is 2. The smallest absolute Gasteiger partial charge is 0.267 e. The van der Waals surface area contributed by atoms with Crippen molar-refractivity contribution in [3.63, 3.8) is 0 Å². The van der Waals surface area contributed by atoms with Crippen LogP contribution in [0.1, 0.15) is 52.0 Å². The fraction of sp³-hybridized carbons (Fsp3) is 0.636. The number of oxime groups is 1. The predicted molar refractivity (Wildman–Crippen MR) is 107 cm³/mol. The maximum absolute atomic E-state index is 13.2. The van der Waals surface area contributed by atoms with Gasteiger partial charge < -0.3 is 19.2 Å². The van der Waals surface area contributed by atoms with E-state index in [-0.39, 0.29) is 16.7 Å². The summed E-state index contributed by atoms with van der Waals surface area (Å²) < 4.78 is 10.7. The van der Waals surface area contributed by atoms with Gasteiger partial charge in [0.25, 0.3) is 5.91 Å². The fourth-order valence-corrected chi connectivity index (χ4v) is 5.60. The molecule has 2 fully saturated rings. The molecule has 0 aromatic heterocycles. The van der Waals surface area contributed by atoms with E-state index < -0.39 is 6.10 Å². The standard InChI is InChI=1S/C22H30N2O4/c1-21(2)10-15-11-22(3,12-21)13-24(15)20(25)19-9-16(23-28-19)14-6-7-17(26-4)18(8-14)27-5/h6-8,15,19H,9-13H2,1-5H3/t15-,19-,22-/m0/s1. The summed E-state index contributed by atoms with van der Waals surface area (Å²) in [6, 6.07) is 5.96. The molecule has 1 aromatic rings. The fourth-order valence-electron chi connectivity index (χ4n) is 5.60. The molecule has 3 atom stereocenters. The van der Waals surface area contributed by atoms with Gasteiger partial charge in [-0.25, -0.2) is 0 Å². The molecule has 2 heterocycles. The average molecular weight is 386 g/mol. The summed E-state index contributed by atoms with van der Waals surface area (Å²) in [6.07, 6.45) is 3.27. The topological polar surface area (TPSA) is 60.4 Å². The van der Waals surface area contributed by atoms with Crippen molar-refractivity contribution >= 4 is 11.6 Å². The maximum Gasteiger partial charge on any atom is 0.267 e. The monoisotopic (exact) mass is 386 g/mol. The minimum atomic E-state index is -0.533. The molecule has 1 aromatic carbocycles. The highest BCUT2D eigenvalue weighted by atomic mass is 16.6. The highest BCUT2D eigenvalue weighted by Gasteiger charge is 2.52. The van der Waals surface area contributed by atoms with Crippen LogP contribution < -0.4 is 9.47 Å². The lowest BCUT2D eigenvalue weighted by molar-refractivity contribution is -0.143. The molecule has 4 rings (SSSR count). The van der Waals surface area contributed by atoms with E-state index in [1.165, 1.54) is 6.42 Å². The normalized spacial score (nSPS) is 30.6. The number of hydrogen-bond acceptors (Lipinski definition) is 5. The second-order valence-corrected chi connectivity index (χ2v) is 9.59. The number of methoxy groups -OCH3 is 2. The molecule has 1 saturated carbocycles. The Hall–Kier alpha value is -2.24. The van der Waals surface area contributed by atoms with Crippen molar-refractivity contribution in [3.8, 4) is 11.5 Å². The maximum atomic E-state index is 13.2. The number of likely N-dealkylation sites (tertiary alicyclic amines) is 1. The van der Waals surface area contributed by atoms with Gasteiger partial charge in [-0.15, -0.1) is 0 Å². The molecular weight excluding hydrogens is 356 g/mol. The second kappa shape index (κ2) is 6.68. The van der Waals surface area contributed by atoms with E-state index in [0.717, 1.165) is 30.7 Å². The van der Waals surface area contributed by atoms with Crippen LogP contribution >= 0.6 is 0 Å². The molecule has 0 N–H and O–H groups in total. The SMILES string of the molecule is COc1ccc(C2=NO[C@H](C(=O)N3C[C@@]4(C)C[C@@H]3CC(C)(C)C4)C2)cc1OC. The Bertz CT molecular complexity index is 819. The van der Waals surface area contributed by atoms with E-state index in [2.05, 4.69) is 30.8 Å². The van der Waals surface area contributed by atoms with Crippen LogP contribution in [0.3, 0.4) is 0 Å². The largest absolute Gasteiger partial charge is 0.493 e. The first-order valence-electron chi connectivity index (χ1n) is 9.99. The Labute approximate surface area is 166 Å². The van der Waals surface area contributed by atoms with Crippen molar-refractivity contribution in [3.05, 3.63) is 23.8 Å². The molecule has 6 heteroatoms. The van der Waals surface area contributed by atoms with Crippen LogP contribution in [0.25, 0.3) is 0 Å². The summed E-state index contributed by atoms with van der Waals surface area (Å²) in [6.45, 7) is 7.77. The molecule has 1 aliphatic carbocycles. The third kappa shape index (κ3) is 3.33. The summed E-state index contributed by atoms with van der Waals surface area (Å²) in [5.74, 6) is 1.38. The third-order valence-corrected chi connectivity index (χ3v) is 6.36. The van der Waals surface area contributed by atoms with Crippen molar-refractivity contribution in [1.29, 1.82) is 0 Å². The van der Waals surface area contributed by atoms with Crippen molar-refractivity contribution in [1.82, 2.24) is 4.90 Å². The molecule has 1 saturated heterocycles. The molecule has 2 bridgehead atoms. The second-order valence-electron chi connectivity index (χ2n) is 9.59. The van der Waals surface area contributed by atoms with Gasteiger partial charge in [0, 0.05) is 24.6 Å². The minimum absolute atomic E-state index is 0.0747. The Morgan fingerprint density at radius 1 is 1.18 bits per heavy atom. The lowest BCUT2D eigenvalue weighted by Crippen LogP contribution is -2.43. The highest BCUT2D eigenvalue weighted by molar-refractivity contribution is 6.04. The molecule has 0 unspecified atom stereocenters. The molecule has 0 radical (unpaired) electrons. The zero-order chi connectivity index (χ0) is 20.1. The van der Waals surface area contributed by atoms with Gasteiger partial charge in [-0.1, -0.05) is 25.9 Å². The molecule has 3 aliphatic rings. The molecule has 1 amide bonds. The van der Waals surface area contributed by atoms with Crippen molar-refractivity contribution in [2.75, 3.05) is 20.8 Å². The molecule has 152 valence electrons. The van der Waals surface area contributed by atoms with E-state index in [9.17, 15) is 4.79 Å². The number of fused-ring (bicyclic) bond motifs is 2. The zero-order valence-corrected chi connectivity index (χ0v) is 17.4. The van der Waals surface area contributed by atoms with Crippen LogP contribution in [0, 0.1) is 10.8 Å². The van der Waals surface area contributed by atoms with Crippen LogP contribution in [-0.2, 0) is 9.63 Å². The summed E-state index contributed by atoms with van der Waals surface area (Å²) in [5, 5.41) is 4.21. The summed E-state index contributed by atoms with van der Waals surface area (Å²) >= 11 is 0. The Morgan fingerprint density at radius 2 is 1.93 bits per heavy atom. The Kier molecular flexibility index (Phi) is 4.55. The Balaban J connectivity index is 1.46. The number of carbonyl (C=O) groups is 1. The van der Waals surface area contributed by atoms with E-state index in [1.807, 2.05) is 18.2 Å². The molecule has 6 nitrogen and oxygen atoms in total. The molecular formula is C22H30N2O4. The average Bonchev–Trinajstić information content (AvgIpc) is 3.22. The van der Waals surface area contributed by atoms with Crippen LogP contribution in [0.5, 0.6) is 11.5 Å². The predicted octanol–water partition coefficient (Wildman–Crippen LogP) is 3.62. The number of hydrogen-bond donors (Lipinski definition) is 0. The van der Waals surface area contributed by atoms with Crippen LogP contribution in [0.2, 0.25) is 0 Å². The first-order chi connectivity index (χ1) is 13.2. The van der Waals surface area contributed by atoms with E-state index in [1.54, 1.807) is 14.2 Å². The quantitative estimate of drug-likeness (QED) is 0.793. The van der Waals surface area contributed by atoms with Crippen molar-refractivity contribution in [2.45, 2.75) is 58.6 Å². The highest BCUT2D eigenvalue weighted by Crippen LogP contribution is 2.52. The molecule has 28 heavy (non-hydrogen) atoms. The van der Waals surface area contributed by atoms with Gasteiger partial charge >= 0.3 is 0 Å². The van der Waals surface area contributed by atoms with Gasteiger partial charge in [-0.05, 0) is 48.3 Å². The number of amides is 1. The van der Waals surface area contributed by atoms with E-state index >= 15 is 0 Å². The third-order valence-electron chi connectivity index (χ3n) is 6.36. The van der Waals surface area contributed by atoms with Crippen molar-refractivity contribution in [2.24, 2.45) is 16.0 Å². The van der Waals surface area contributed by atoms with E-state index in [4.69, 9.17) is 14.3 Å². The summed E-state index contributed by atoms with van der Waals surface area (Å²) in [4.78, 5) is 20.9. The number of rotatable bonds is 4. The lowest BCUT2D eigenvalue weighted by atomic mass is 9.65. The van der Waals surface area contributed by atoms with Crippen LogP contribution in [-0.4, -0.2) is 49.4 Å². The van der Waals surface area contributed by atoms with Gasteiger partial charge in [0.05, 0.1) is 19.9 Å². The molecule has 2 aliphatic heterocycles. The van der Waals surface area contributed by atoms with Crippen LogP contribution in [0.15, 0.2) is 23.4 Å². The molecule has 0 spiro atoms. The Morgan fingerprint density at radius 3 is 2.64 bits per heavy atom. The summed E-state index contributed by atoms with van der Waals surface area (Å²) in [5.41, 5.74) is 2.16. The van der Waals surface area contributed by atoms with Crippen molar-refractivity contribution < 1.29 is 19.1 Å². The number of ether oxygens (including phenoxy) is 2. The van der Waals surface area contributed by atoms with Gasteiger partial charge in [-0.3, -0.25) is 4.79 Å². The van der Waals surface area contributed by atoms with Gasteiger partial charge in [-0.2, -0.15) is 0 Å². The van der Waals surface area contributed by atoms with Gasteiger partial charge in [0.2, 0.25) is 6.10 Å². The van der Waals surface area contributed by atoms with Gasteiger partial charge in [0.15, 0.2) is 11.5 Å². The first kappa shape index (κ1) is 19.1. The van der Waals surface area contributed by atoms with E-state index in [0.29, 0.717) is 24.0 Å². The zero-order valence-electron chi connectivity index (χ0n) is 17.4.